The van der Waals surface area contributed by atoms with Gasteiger partial charge in [0.2, 0.25) is 0 Å². The van der Waals surface area contributed by atoms with E-state index in [2.05, 4.69) is 6.58 Å². The normalized spacial score (nSPS) is 15.6. The Balaban J connectivity index is 1.80. The lowest BCUT2D eigenvalue weighted by atomic mass is 10.1. The van der Waals surface area contributed by atoms with Crippen molar-refractivity contribution in [2.45, 2.75) is 6.61 Å². The Morgan fingerprint density at radius 2 is 1.96 bits per heavy atom. The van der Waals surface area contributed by atoms with Crippen molar-refractivity contribution >= 4 is 29.0 Å². The van der Waals surface area contributed by atoms with Gasteiger partial charge in [-0.05, 0) is 41.6 Å². The van der Waals surface area contributed by atoms with Gasteiger partial charge < -0.3 is 4.74 Å². The van der Waals surface area contributed by atoms with Crippen molar-refractivity contribution < 1.29 is 18.7 Å². The zero-order valence-electron chi connectivity index (χ0n) is 13.9. The lowest BCUT2D eigenvalue weighted by Gasteiger charge is -2.10. The van der Waals surface area contributed by atoms with Crippen LogP contribution in [0.15, 0.2) is 66.1 Å². The van der Waals surface area contributed by atoms with Crippen LogP contribution < -0.4 is 4.74 Å². The Morgan fingerprint density at radius 1 is 1.15 bits per heavy atom. The first kappa shape index (κ1) is 17.9. The predicted molar refractivity (Wildman–Crippen MR) is 100 cm³/mol. The molecule has 2 aromatic rings. The molecule has 3 rings (SSSR count). The third kappa shape index (κ3) is 4.03. The number of nitrogens with zero attached hydrogens (tertiary/aromatic N) is 1. The van der Waals surface area contributed by atoms with Crippen LogP contribution in [0.4, 0.5) is 9.18 Å². The second kappa shape index (κ2) is 8.01. The number of rotatable bonds is 6. The summed E-state index contributed by atoms with van der Waals surface area (Å²) in [4.78, 5) is 25.7. The standard InChI is InChI=1S/C20H16FNO3S/c1-2-10-22-19(23)18(26-20(22)24)12-15-7-3-4-9-17(15)25-13-14-6-5-8-16(21)11-14/h2-9,11-12H,1,10,13H2/b18-12+. The molecule has 4 nitrogen and oxygen atoms in total. The molecule has 1 heterocycles. The average Bonchev–Trinajstić information content (AvgIpc) is 2.89. The van der Waals surface area contributed by atoms with Crippen molar-refractivity contribution in [3.8, 4) is 5.75 Å². The number of imide groups is 1. The summed E-state index contributed by atoms with van der Waals surface area (Å²) in [5, 5.41) is -0.320. The highest BCUT2D eigenvalue weighted by Crippen LogP contribution is 2.34. The number of para-hydroxylation sites is 1. The second-order valence-corrected chi connectivity index (χ2v) is 6.53. The summed E-state index contributed by atoms with van der Waals surface area (Å²) in [5.74, 6) is -0.123. The first-order valence-corrected chi connectivity index (χ1v) is 8.72. The number of amides is 2. The fraction of sp³-hybridized carbons (Fsp3) is 0.100. The molecule has 0 aromatic heterocycles. The molecule has 0 saturated carbocycles. The highest BCUT2D eigenvalue weighted by molar-refractivity contribution is 8.18. The van der Waals surface area contributed by atoms with Gasteiger partial charge in [-0.25, -0.2) is 4.39 Å². The molecule has 132 valence electrons. The Morgan fingerprint density at radius 3 is 2.73 bits per heavy atom. The molecule has 0 aliphatic carbocycles. The molecule has 0 spiro atoms. The van der Waals surface area contributed by atoms with Crippen molar-refractivity contribution in [3.05, 3.63) is 83.0 Å². The fourth-order valence-corrected chi connectivity index (χ4v) is 3.29. The largest absolute Gasteiger partial charge is 0.488 e. The van der Waals surface area contributed by atoms with E-state index in [4.69, 9.17) is 4.74 Å². The van der Waals surface area contributed by atoms with Gasteiger partial charge in [-0.2, -0.15) is 0 Å². The van der Waals surface area contributed by atoms with Crippen LogP contribution in [0, 0.1) is 5.82 Å². The van der Waals surface area contributed by atoms with Crippen molar-refractivity contribution in [1.29, 1.82) is 0 Å². The van der Waals surface area contributed by atoms with Crippen molar-refractivity contribution in [3.63, 3.8) is 0 Å². The maximum absolute atomic E-state index is 13.3. The lowest BCUT2D eigenvalue weighted by molar-refractivity contribution is -0.122. The maximum atomic E-state index is 13.3. The molecule has 6 heteroatoms. The van der Waals surface area contributed by atoms with E-state index < -0.39 is 0 Å². The van der Waals surface area contributed by atoms with Crippen molar-refractivity contribution in [2.75, 3.05) is 6.54 Å². The molecule has 0 unspecified atom stereocenters. The molecule has 2 aromatic carbocycles. The smallest absolute Gasteiger partial charge is 0.293 e. The monoisotopic (exact) mass is 369 g/mol. The molecule has 0 bridgehead atoms. The highest BCUT2D eigenvalue weighted by atomic mass is 32.2. The van der Waals surface area contributed by atoms with Crippen LogP contribution >= 0.6 is 11.8 Å². The molecular formula is C20H16FNO3S. The number of carbonyl (C=O) groups excluding carboxylic acids is 2. The van der Waals surface area contributed by atoms with Crippen LogP contribution in [0.5, 0.6) is 5.75 Å². The van der Waals surface area contributed by atoms with E-state index in [0.29, 0.717) is 21.8 Å². The molecule has 2 amide bonds. The maximum Gasteiger partial charge on any atom is 0.293 e. The molecule has 1 aliphatic heterocycles. The highest BCUT2D eigenvalue weighted by Gasteiger charge is 2.34. The van der Waals surface area contributed by atoms with Crippen molar-refractivity contribution in [2.24, 2.45) is 0 Å². The van der Waals surface area contributed by atoms with Crippen LogP contribution in [-0.2, 0) is 11.4 Å². The van der Waals surface area contributed by atoms with E-state index in [-0.39, 0.29) is 30.1 Å². The fourth-order valence-electron chi connectivity index (χ4n) is 2.45. The van der Waals surface area contributed by atoms with Crippen molar-refractivity contribution in [1.82, 2.24) is 4.90 Å². The van der Waals surface area contributed by atoms with Crippen LogP contribution in [0.3, 0.4) is 0 Å². The Hall–Kier alpha value is -2.86. The van der Waals surface area contributed by atoms with E-state index in [1.54, 1.807) is 30.3 Å². The summed E-state index contributed by atoms with van der Waals surface area (Å²) in [6, 6.07) is 13.3. The topological polar surface area (TPSA) is 46.6 Å². The van der Waals surface area contributed by atoms with E-state index in [1.807, 2.05) is 12.1 Å². The van der Waals surface area contributed by atoms with Gasteiger partial charge in [-0.15, -0.1) is 6.58 Å². The third-order valence-corrected chi connectivity index (χ3v) is 4.58. The number of hydrogen-bond acceptors (Lipinski definition) is 4. The van der Waals surface area contributed by atoms with Gasteiger partial charge in [0.15, 0.2) is 0 Å². The molecule has 0 atom stereocenters. The molecule has 1 aliphatic rings. The summed E-state index contributed by atoms with van der Waals surface area (Å²) in [6.07, 6.45) is 3.14. The minimum atomic E-state index is -0.347. The van der Waals surface area contributed by atoms with Gasteiger partial charge in [0, 0.05) is 12.1 Å². The number of thioether (sulfide) groups is 1. The zero-order chi connectivity index (χ0) is 18.5. The first-order chi connectivity index (χ1) is 12.6. The Labute approximate surface area is 155 Å². The van der Waals surface area contributed by atoms with Crippen LogP contribution in [0.1, 0.15) is 11.1 Å². The van der Waals surface area contributed by atoms with E-state index in [9.17, 15) is 14.0 Å². The second-order valence-electron chi connectivity index (χ2n) is 5.54. The number of hydrogen-bond donors (Lipinski definition) is 0. The minimum Gasteiger partial charge on any atom is -0.488 e. The van der Waals surface area contributed by atoms with Gasteiger partial charge in [0.1, 0.15) is 18.2 Å². The molecular weight excluding hydrogens is 353 g/mol. The summed E-state index contributed by atoms with van der Waals surface area (Å²) in [5.41, 5.74) is 1.37. The number of benzene rings is 2. The van der Waals surface area contributed by atoms with Gasteiger partial charge in [0.25, 0.3) is 11.1 Å². The predicted octanol–water partition coefficient (Wildman–Crippen LogP) is 4.63. The van der Waals surface area contributed by atoms with E-state index in [0.717, 1.165) is 16.7 Å². The lowest BCUT2D eigenvalue weighted by Crippen LogP contribution is -2.27. The first-order valence-electron chi connectivity index (χ1n) is 7.91. The summed E-state index contributed by atoms with van der Waals surface area (Å²) >= 11 is 0.887. The van der Waals surface area contributed by atoms with E-state index >= 15 is 0 Å². The number of carbonyl (C=O) groups is 2. The summed E-state index contributed by atoms with van der Waals surface area (Å²) < 4.78 is 19.1. The quantitative estimate of drug-likeness (QED) is 0.550. The number of ether oxygens (including phenoxy) is 1. The van der Waals surface area contributed by atoms with Gasteiger partial charge in [-0.1, -0.05) is 36.4 Å². The Kier molecular flexibility index (Phi) is 5.53. The van der Waals surface area contributed by atoms with E-state index in [1.165, 1.54) is 18.2 Å². The zero-order valence-corrected chi connectivity index (χ0v) is 14.7. The third-order valence-electron chi connectivity index (χ3n) is 3.67. The minimum absolute atomic E-state index is 0.180. The molecule has 0 radical (unpaired) electrons. The number of halogens is 1. The van der Waals surface area contributed by atoms with Crippen LogP contribution in [0.2, 0.25) is 0 Å². The summed E-state index contributed by atoms with van der Waals surface area (Å²) in [7, 11) is 0. The van der Waals surface area contributed by atoms with Gasteiger partial charge in [-0.3, -0.25) is 14.5 Å². The average molecular weight is 369 g/mol. The summed E-state index contributed by atoms with van der Waals surface area (Å²) in [6.45, 7) is 3.93. The SMILES string of the molecule is C=CCN1C(=O)S/C(=C/c2ccccc2OCc2cccc(F)c2)C1=O. The van der Waals surface area contributed by atoms with Gasteiger partial charge >= 0.3 is 0 Å². The van der Waals surface area contributed by atoms with Gasteiger partial charge in [0.05, 0.1) is 4.91 Å². The Bertz CT molecular complexity index is 894. The molecule has 1 fully saturated rings. The molecule has 26 heavy (non-hydrogen) atoms. The molecule has 0 N–H and O–H groups in total. The molecule has 1 saturated heterocycles. The van der Waals surface area contributed by atoms with Crippen LogP contribution in [-0.4, -0.2) is 22.6 Å². The van der Waals surface area contributed by atoms with Crippen LogP contribution in [0.25, 0.3) is 6.08 Å².